The average Bonchev–Trinajstić information content (AvgIpc) is 3.49. The van der Waals surface area contributed by atoms with Crippen LogP contribution in [0, 0.1) is 17.8 Å². The Labute approximate surface area is 249 Å². The number of fused-ring (bicyclic) bond motifs is 1. The summed E-state index contributed by atoms with van der Waals surface area (Å²) in [5, 5.41) is 14.1. The molecular weight excluding hydrogens is 556 g/mol. The van der Waals surface area contributed by atoms with Gasteiger partial charge < -0.3 is 19.3 Å². The summed E-state index contributed by atoms with van der Waals surface area (Å²) < 4.78 is 16.0. The highest BCUT2D eigenvalue weighted by Crippen LogP contribution is 2.54. The molecule has 1 aliphatic carbocycles. The van der Waals surface area contributed by atoms with Gasteiger partial charge in [0.25, 0.3) is 0 Å². The van der Waals surface area contributed by atoms with Gasteiger partial charge in [0.2, 0.25) is 11.8 Å². The Bertz CT molecular complexity index is 1460. The molecule has 5 rings (SSSR count). The Morgan fingerprint density at radius 2 is 1.65 bits per heavy atom. The highest BCUT2D eigenvalue weighted by molar-refractivity contribution is 6.24. The van der Waals surface area contributed by atoms with E-state index in [9.17, 15) is 29.1 Å². The zero-order valence-electron chi connectivity index (χ0n) is 24.7. The van der Waals surface area contributed by atoms with E-state index in [1.807, 2.05) is 0 Å². The monoisotopic (exact) mass is 592 g/mol. The zero-order valence-corrected chi connectivity index (χ0v) is 24.7. The third kappa shape index (κ3) is 5.05. The summed E-state index contributed by atoms with van der Waals surface area (Å²) >= 11 is 0. The van der Waals surface area contributed by atoms with Crippen molar-refractivity contribution < 1.29 is 43.3 Å². The van der Waals surface area contributed by atoms with E-state index in [1.54, 1.807) is 6.07 Å². The first-order valence-electron chi connectivity index (χ1n) is 14.4. The first kappa shape index (κ1) is 30.2. The SMILES string of the molecule is COC(=O)c1c(OC)cc(OC)cc1C1NC(CC2CCCCC2)(C(=O)O)C2C(=O)N(c3ccc(C(C)=O)cc3)C(=O)C12. The molecule has 0 spiro atoms. The van der Waals surface area contributed by atoms with Crippen molar-refractivity contribution in [1.29, 1.82) is 0 Å². The minimum absolute atomic E-state index is 0.00501. The highest BCUT2D eigenvalue weighted by atomic mass is 16.5. The summed E-state index contributed by atoms with van der Waals surface area (Å²) in [6.45, 7) is 1.41. The van der Waals surface area contributed by atoms with Gasteiger partial charge in [-0.2, -0.15) is 0 Å². The number of carbonyl (C=O) groups is 5. The predicted molar refractivity (Wildman–Crippen MR) is 154 cm³/mol. The Balaban J connectivity index is 1.70. The maximum absolute atomic E-state index is 14.3. The molecule has 228 valence electrons. The second-order valence-corrected chi connectivity index (χ2v) is 11.5. The van der Waals surface area contributed by atoms with Crippen molar-refractivity contribution in [3.63, 3.8) is 0 Å². The van der Waals surface area contributed by atoms with E-state index < -0.39 is 47.2 Å². The molecule has 2 aromatic rings. The number of ether oxygens (including phenoxy) is 3. The number of carboxylic acids is 1. The number of esters is 1. The van der Waals surface area contributed by atoms with E-state index in [-0.39, 0.29) is 40.7 Å². The van der Waals surface area contributed by atoms with E-state index in [1.165, 1.54) is 58.6 Å². The lowest BCUT2D eigenvalue weighted by Crippen LogP contribution is -2.57. The number of carboxylic acid groups (broad SMARTS) is 1. The third-order valence-electron chi connectivity index (χ3n) is 9.19. The fourth-order valence-electron chi connectivity index (χ4n) is 7.14. The van der Waals surface area contributed by atoms with Gasteiger partial charge >= 0.3 is 11.9 Å². The number of aliphatic carboxylic acids is 1. The van der Waals surface area contributed by atoms with Crippen molar-refractivity contribution in [2.75, 3.05) is 26.2 Å². The van der Waals surface area contributed by atoms with Gasteiger partial charge in [0.1, 0.15) is 22.6 Å². The van der Waals surface area contributed by atoms with Crippen molar-refractivity contribution in [2.45, 2.75) is 57.0 Å². The molecule has 11 nitrogen and oxygen atoms in total. The van der Waals surface area contributed by atoms with Crippen molar-refractivity contribution in [3.05, 3.63) is 53.1 Å². The highest BCUT2D eigenvalue weighted by Gasteiger charge is 2.69. The van der Waals surface area contributed by atoms with Crippen molar-refractivity contribution in [3.8, 4) is 11.5 Å². The summed E-state index contributed by atoms with van der Waals surface area (Å²) in [6.07, 6.45) is 4.75. The quantitative estimate of drug-likeness (QED) is 0.249. The second-order valence-electron chi connectivity index (χ2n) is 11.5. The van der Waals surface area contributed by atoms with Crippen LogP contribution in [-0.4, -0.2) is 61.5 Å². The van der Waals surface area contributed by atoms with Crippen LogP contribution in [0.4, 0.5) is 5.69 Å². The Kier molecular flexibility index (Phi) is 8.29. The first-order chi connectivity index (χ1) is 20.6. The van der Waals surface area contributed by atoms with Gasteiger partial charge in [0, 0.05) is 17.7 Å². The molecule has 3 fully saturated rings. The molecule has 2 saturated heterocycles. The minimum atomic E-state index is -1.79. The molecule has 1 saturated carbocycles. The molecule has 0 aromatic heterocycles. The number of rotatable bonds is 9. The number of carbonyl (C=O) groups excluding carboxylic acids is 4. The molecule has 0 radical (unpaired) electrons. The van der Waals surface area contributed by atoms with Crippen LogP contribution >= 0.6 is 0 Å². The number of hydrogen-bond donors (Lipinski definition) is 2. The fourth-order valence-corrected chi connectivity index (χ4v) is 7.14. The molecule has 3 aliphatic rings. The van der Waals surface area contributed by atoms with Crippen molar-refractivity contribution in [2.24, 2.45) is 17.8 Å². The van der Waals surface area contributed by atoms with Crippen molar-refractivity contribution >= 4 is 35.2 Å². The topological polar surface area (TPSA) is 149 Å². The molecule has 0 bridgehead atoms. The second kappa shape index (κ2) is 11.8. The number of imide groups is 1. The molecule has 2 heterocycles. The number of Topliss-reactive ketones (excluding diaryl/α,β-unsaturated/α-hetero) is 1. The van der Waals surface area contributed by atoms with Gasteiger partial charge in [-0.1, -0.05) is 32.1 Å². The lowest BCUT2D eigenvalue weighted by Gasteiger charge is -2.35. The van der Waals surface area contributed by atoms with Crippen LogP contribution in [0.3, 0.4) is 0 Å². The maximum atomic E-state index is 14.3. The largest absolute Gasteiger partial charge is 0.497 e. The number of benzene rings is 2. The van der Waals surface area contributed by atoms with Crippen molar-refractivity contribution in [1.82, 2.24) is 5.32 Å². The fraction of sp³-hybridized carbons (Fsp3) is 0.469. The van der Waals surface area contributed by atoms with Crippen LogP contribution in [0.2, 0.25) is 0 Å². The van der Waals surface area contributed by atoms with E-state index in [4.69, 9.17) is 14.2 Å². The van der Waals surface area contributed by atoms with E-state index in [0.717, 1.165) is 37.0 Å². The van der Waals surface area contributed by atoms with Gasteiger partial charge in [0.15, 0.2) is 5.78 Å². The lowest BCUT2D eigenvalue weighted by molar-refractivity contribution is -0.150. The van der Waals surface area contributed by atoms with E-state index >= 15 is 0 Å². The standard InChI is InChI=1S/C32H36N2O9/c1-17(35)19-10-12-20(13-11-19)34-28(36)25-26(29(34)37)32(31(39)40,16-18-8-6-5-7-9-18)33-27(25)22-14-21(41-2)15-23(42-3)24(22)30(38)43-4/h10-15,18,25-27,33H,5-9,16H2,1-4H3,(H,39,40). The Morgan fingerprint density at radius 3 is 2.21 bits per heavy atom. The molecule has 2 aliphatic heterocycles. The summed E-state index contributed by atoms with van der Waals surface area (Å²) in [5.74, 6) is -5.38. The normalized spacial score (nSPS) is 25.4. The van der Waals surface area contributed by atoms with Gasteiger partial charge in [-0.15, -0.1) is 0 Å². The van der Waals surface area contributed by atoms with Gasteiger partial charge in [-0.3, -0.25) is 24.5 Å². The molecule has 4 unspecified atom stereocenters. The van der Waals surface area contributed by atoms with Crippen LogP contribution in [0.5, 0.6) is 11.5 Å². The summed E-state index contributed by atoms with van der Waals surface area (Å²) in [4.78, 5) is 67.9. The number of amides is 2. The van der Waals surface area contributed by atoms with Gasteiger partial charge in [-0.05, 0) is 55.2 Å². The Morgan fingerprint density at radius 1 is 0.977 bits per heavy atom. The number of nitrogens with zero attached hydrogens (tertiary/aromatic N) is 1. The van der Waals surface area contributed by atoms with Crippen LogP contribution < -0.4 is 19.7 Å². The average molecular weight is 593 g/mol. The molecular formula is C32H36N2O9. The Hall–Kier alpha value is -4.25. The number of anilines is 1. The van der Waals surface area contributed by atoms with Gasteiger partial charge in [0.05, 0.1) is 38.9 Å². The molecule has 43 heavy (non-hydrogen) atoms. The molecule has 2 amide bonds. The summed E-state index contributed by atoms with van der Waals surface area (Å²) in [7, 11) is 4.02. The van der Waals surface area contributed by atoms with Crippen LogP contribution in [0.25, 0.3) is 0 Å². The molecule has 2 N–H and O–H groups in total. The van der Waals surface area contributed by atoms with Crippen LogP contribution in [0.1, 0.15) is 77.8 Å². The number of nitrogens with one attached hydrogen (secondary N) is 1. The van der Waals surface area contributed by atoms with Crippen LogP contribution in [-0.2, 0) is 19.1 Å². The maximum Gasteiger partial charge on any atom is 0.341 e. The number of methoxy groups -OCH3 is 3. The lowest BCUT2D eigenvalue weighted by atomic mass is 9.72. The number of hydrogen-bond acceptors (Lipinski definition) is 9. The van der Waals surface area contributed by atoms with E-state index in [0.29, 0.717) is 11.3 Å². The summed E-state index contributed by atoms with van der Waals surface area (Å²) in [5.41, 5.74) is -0.903. The first-order valence-corrected chi connectivity index (χ1v) is 14.4. The number of ketones is 1. The van der Waals surface area contributed by atoms with Crippen LogP contribution in [0.15, 0.2) is 36.4 Å². The minimum Gasteiger partial charge on any atom is -0.497 e. The molecule has 2 aromatic carbocycles. The molecule has 11 heteroatoms. The molecule has 4 atom stereocenters. The zero-order chi connectivity index (χ0) is 31.1. The smallest absolute Gasteiger partial charge is 0.341 e. The summed E-state index contributed by atoms with van der Waals surface area (Å²) in [6, 6.07) is 8.04. The predicted octanol–water partition coefficient (Wildman–Crippen LogP) is 3.94. The van der Waals surface area contributed by atoms with E-state index in [2.05, 4.69) is 5.32 Å². The van der Waals surface area contributed by atoms with Gasteiger partial charge in [-0.25, -0.2) is 9.69 Å². The third-order valence-corrected chi connectivity index (χ3v) is 9.19.